The van der Waals surface area contributed by atoms with Gasteiger partial charge in [-0.2, -0.15) is 0 Å². The van der Waals surface area contributed by atoms with Crippen LogP contribution in [-0.4, -0.2) is 0 Å². The standard InChI is InChI=1S/C12H17F/c1-8-6-10(12(3,4)5)7-11(13)9(8)2/h6-7H,1-5H3. The maximum Gasteiger partial charge on any atom is 0.126 e. The summed E-state index contributed by atoms with van der Waals surface area (Å²) in [5.41, 5.74) is 2.88. The molecule has 0 aliphatic heterocycles. The Morgan fingerprint density at radius 1 is 1.08 bits per heavy atom. The highest BCUT2D eigenvalue weighted by Crippen LogP contribution is 2.25. The molecule has 0 aliphatic rings. The van der Waals surface area contributed by atoms with Gasteiger partial charge in [0.05, 0.1) is 0 Å². The largest absolute Gasteiger partial charge is 0.207 e. The van der Waals surface area contributed by atoms with Crippen molar-refractivity contribution in [2.75, 3.05) is 0 Å². The van der Waals surface area contributed by atoms with Crippen LogP contribution in [0.4, 0.5) is 4.39 Å². The van der Waals surface area contributed by atoms with E-state index in [0.717, 1.165) is 16.7 Å². The van der Waals surface area contributed by atoms with Gasteiger partial charge in [-0.25, -0.2) is 4.39 Å². The van der Waals surface area contributed by atoms with Crippen LogP contribution in [0.5, 0.6) is 0 Å². The molecule has 0 heterocycles. The zero-order valence-corrected chi connectivity index (χ0v) is 9.03. The van der Waals surface area contributed by atoms with Crippen molar-refractivity contribution in [2.45, 2.75) is 40.0 Å². The van der Waals surface area contributed by atoms with E-state index < -0.39 is 0 Å². The molecule has 0 atom stereocenters. The fourth-order valence-corrected chi connectivity index (χ4v) is 1.25. The van der Waals surface area contributed by atoms with Crippen molar-refractivity contribution in [1.82, 2.24) is 0 Å². The first-order chi connectivity index (χ1) is 5.82. The van der Waals surface area contributed by atoms with Crippen LogP contribution in [0.15, 0.2) is 12.1 Å². The second-order valence-electron chi connectivity index (χ2n) is 4.65. The van der Waals surface area contributed by atoms with E-state index in [1.165, 1.54) is 0 Å². The van der Waals surface area contributed by atoms with Gasteiger partial charge < -0.3 is 0 Å². The van der Waals surface area contributed by atoms with Crippen LogP contribution < -0.4 is 0 Å². The Bertz CT molecular complexity index is 295. The molecule has 0 spiro atoms. The first-order valence-corrected chi connectivity index (χ1v) is 4.59. The number of halogens is 1. The van der Waals surface area contributed by atoms with Crippen molar-refractivity contribution in [3.8, 4) is 0 Å². The van der Waals surface area contributed by atoms with Gasteiger partial charge in [0.2, 0.25) is 0 Å². The van der Waals surface area contributed by atoms with E-state index in [9.17, 15) is 4.39 Å². The lowest BCUT2D eigenvalue weighted by Gasteiger charge is -2.20. The van der Waals surface area contributed by atoms with Gasteiger partial charge in [0.15, 0.2) is 0 Å². The molecule has 0 radical (unpaired) electrons. The van der Waals surface area contributed by atoms with E-state index in [1.807, 2.05) is 13.8 Å². The SMILES string of the molecule is Cc1cc(C(C)(C)C)cc(F)c1C. The zero-order valence-electron chi connectivity index (χ0n) is 9.03. The zero-order chi connectivity index (χ0) is 10.2. The van der Waals surface area contributed by atoms with Gasteiger partial charge in [-0.05, 0) is 42.0 Å². The van der Waals surface area contributed by atoms with Crippen molar-refractivity contribution in [3.63, 3.8) is 0 Å². The molecule has 1 aromatic rings. The molecular formula is C12H17F. The lowest BCUT2D eigenvalue weighted by atomic mass is 9.85. The summed E-state index contributed by atoms with van der Waals surface area (Å²) in [5.74, 6) is -0.0927. The first kappa shape index (κ1) is 10.2. The van der Waals surface area contributed by atoms with Crippen LogP contribution in [0.2, 0.25) is 0 Å². The minimum atomic E-state index is -0.0927. The lowest BCUT2D eigenvalue weighted by molar-refractivity contribution is 0.567. The highest BCUT2D eigenvalue weighted by molar-refractivity contribution is 5.34. The molecule has 0 N–H and O–H groups in total. The van der Waals surface area contributed by atoms with Crippen molar-refractivity contribution in [1.29, 1.82) is 0 Å². The van der Waals surface area contributed by atoms with Gasteiger partial charge in [0, 0.05) is 0 Å². The molecule has 0 aromatic heterocycles. The van der Waals surface area contributed by atoms with Crippen molar-refractivity contribution in [2.24, 2.45) is 0 Å². The highest BCUT2D eigenvalue weighted by Gasteiger charge is 2.15. The molecule has 0 aliphatic carbocycles. The predicted octanol–water partition coefficient (Wildman–Crippen LogP) is 3.74. The number of hydrogen-bond donors (Lipinski definition) is 0. The van der Waals surface area contributed by atoms with E-state index in [0.29, 0.717) is 0 Å². The monoisotopic (exact) mass is 180 g/mol. The number of benzene rings is 1. The molecule has 0 bridgehead atoms. The first-order valence-electron chi connectivity index (χ1n) is 4.59. The third-order valence-electron chi connectivity index (χ3n) is 2.47. The van der Waals surface area contributed by atoms with Gasteiger partial charge in [0.1, 0.15) is 5.82 Å². The highest BCUT2D eigenvalue weighted by atomic mass is 19.1. The average molecular weight is 180 g/mol. The Labute approximate surface area is 79.8 Å². The number of aryl methyl sites for hydroxylation is 1. The van der Waals surface area contributed by atoms with Crippen LogP contribution in [0.1, 0.15) is 37.5 Å². The van der Waals surface area contributed by atoms with Crippen molar-refractivity contribution in [3.05, 3.63) is 34.6 Å². The normalized spacial score (nSPS) is 11.8. The fraction of sp³-hybridized carbons (Fsp3) is 0.500. The maximum absolute atomic E-state index is 13.4. The summed E-state index contributed by atoms with van der Waals surface area (Å²) in [6, 6.07) is 3.71. The summed E-state index contributed by atoms with van der Waals surface area (Å²) in [6.45, 7) is 10.0. The van der Waals surface area contributed by atoms with E-state index in [4.69, 9.17) is 0 Å². The van der Waals surface area contributed by atoms with E-state index >= 15 is 0 Å². The summed E-state index contributed by atoms with van der Waals surface area (Å²) >= 11 is 0. The predicted molar refractivity (Wildman–Crippen MR) is 54.6 cm³/mol. The van der Waals surface area contributed by atoms with Crippen LogP contribution >= 0.6 is 0 Å². The second kappa shape index (κ2) is 3.13. The van der Waals surface area contributed by atoms with Crippen LogP contribution in [0.25, 0.3) is 0 Å². The molecule has 0 nitrogen and oxygen atoms in total. The second-order valence-corrected chi connectivity index (χ2v) is 4.65. The smallest absolute Gasteiger partial charge is 0.126 e. The average Bonchev–Trinajstić information content (AvgIpc) is 1.97. The minimum Gasteiger partial charge on any atom is -0.207 e. The van der Waals surface area contributed by atoms with Crippen LogP contribution in [0.3, 0.4) is 0 Å². The Hall–Kier alpha value is -0.850. The van der Waals surface area contributed by atoms with Crippen molar-refractivity contribution < 1.29 is 4.39 Å². The van der Waals surface area contributed by atoms with E-state index in [1.54, 1.807) is 6.07 Å². The molecule has 1 aromatic carbocycles. The quantitative estimate of drug-likeness (QED) is 0.570. The Morgan fingerprint density at radius 3 is 2.00 bits per heavy atom. The molecule has 0 saturated heterocycles. The molecule has 1 heteroatoms. The third-order valence-corrected chi connectivity index (χ3v) is 2.47. The van der Waals surface area contributed by atoms with Gasteiger partial charge in [0.25, 0.3) is 0 Å². The van der Waals surface area contributed by atoms with Crippen LogP contribution in [-0.2, 0) is 5.41 Å². The van der Waals surface area contributed by atoms with Gasteiger partial charge >= 0.3 is 0 Å². The fourth-order valence-electron chi connectivity index (χ4n) is 1.25. The Balaban J connectivity index is 3.29. The lowest BCUT2D eigenvalue weighted by Crippen LogP contribution is -2.12. The summed E-state index contributed by atoms with van der Waals surface area (Å²) in [4.78, 5) is 0. The molecule has 72 valence electrons. The molecule has 0 amide bonds. The topological polar surface area (TPSA) is 0 Å². The minimum absolute atomic E-state index is 0.0271. The molecule has 13 heavy (non-hydrogen) atoms. The van der Waals surface area contributed by atoms with Gasteiger partial charge in [-0.15, -0.1) is 0 Å². The molecule has 0 fully saturated rings. The Morgan fingerprint density at radius 2 is 1.62 bits per heavy atom. The molecule has 1 rings (SSSR count). The maximum atomic E-state index is 13.4. The summed E-state index contributed by atoms with van der Waals surface area (Å²) in [6.07, 6.45) is 0. The Kier molecular flexibility index (Phi) is 2.47. The third kappa shape index (κ3) is 2.09. The molecule has 0 saturated carbocycles. The van der Waals surface area contributed by atoms with Gasteiger partial charge in [-0.3, -0.25) is 0 Å². The van der Waals surface area contributed by atoms with E-state index in [2.05, 4.69) is 26.8 Å². The van der Waals surface area contributed by atoms with Crippen molar-refractivity contribution >= 4 is 0 Å². The number of hydrogen-bond acceptors (Lipinski definition) is 0. The summed E-state index contributed by atoms with van der Waals surface area (Å²) in [5, 5.41) is 0. The van der Waals surface area contributed by atoms with E-state index in [-0.39, 0.29) is 11.2 Å². The number of rotatable bonds is 0. The summed E-state index contributed by atoms with van der Waals surface area (Å²) < 4.78 is 13.4. The summed E-state index contributed by atoms with van der Waals surface area (Å²) in [7, 11) is 0. The van der Waals surface area contributed by atoms with Crippen LogP contribution in [0, 0.1) is 19.7 Å². The molecular weight excluding hydrogens is 163 g/mol. The van der Waals surface area contributed by atoms with Gasteiger partial charge in [-0.1, -0.05) is 26.8 Å². The molecule has 0 unspecified atom stereocenters.